The molecule has 0 unspecified atom stereocenters. The number of carbonyl (C=O) groups excluding carboxylic acids is 9. The maximum Gasteiger partial charge on any atom is 0.326 e. The van der Waals surface area contributed by atoms with Gasteiger partial charge >= 0.3 is 11.9 Å². The third kappa shape index (κ3) is 17.0. The second-order valence-electron chi connectivity index (χ2n) is 16.5. The Morgan fingerprint density at radius 1 is 0.682 bits per heavy atom. The number of amides is 9. The first kappa shape index (κ1) is 55.4. The lowest BCUT2D eigenvalue weighted by Crippen LogP contribution is -2.61. The van der Waals surface area contributed by atoms with Crippen LogP contribution in [0.2, 0.25) is 0 Å². The van der Waals surface area contributed by atoms with Gasteiger partial charge in [-0.25, -0.2) is 4.79 Å². The molecule has 0 aliphatic carbocycles. The number of benzene rings is 1. The number of hydrogen-bond acceptors (Lipinski definition) is 13. The van der Waals surface area contributed by atoms with Gasteiger partial charge in [0.15, 0.2) is 0 Å². The van der Waals surface area contributed by atoms with Crippen LogP contribution in [-0.4, -0.2) is 153 Å². The average Bonchev–Trinajstić information content (AvgIpc) is 3.75. The highest BCUT2D eigenvalue weighted by Crippen LogP contribution is 2.21. The Morgan fingerprint density at radius 2 is 1.23 bits per heavy atom. The van der Waals surface area contributed by atoms with Crippen LogP contribution in [0.15, 0.2) is 30.3 Å². The molecule has 0 saturated carbocycles. The van der Waals surface area contributed by atoms with E-state index in [0.717, 1.165) is 4.90 Å². The molecule has 24 nitrogen and oxygen atoms in total. The van der Waals surface area contributed by atoms with E-state index in [1.165, 1.54) is 13.8 Å². The van der Waals surface area contributed by atoms with Crippen molar-refractivity contribution in [2.75, 3.05) is 13.2 Å². The minimum absolute atomic E-state index is 0.0337. The fourth-order valence-corrected chi connectivity index (χ4v) is 6.77. The van der Waals surface area contributed by atoms with Crippen LogP contribution in [0.4, 0.5) is 0 Å². The van der Waals surface area contributed by atoms with Gasteiger partial charge in [0.25, 0.3) is 0 Å². The van der Waals surface area contributed by atoms with Crippen LogP contribution >= 0.6 is 0 Å². The first-order valence-corrected chi connectivity index (χ1v) is 21.5. The molecule has 1 fully saturated rings. The Hall–Kier alpha value is -6.69. The third-order valence-electron chi connectivity index (χ3n) is 10.8. The van der Waals surface area contributed by atoms with Crippen LogP contribution in [-0.2, 0) is 59.2 Å². The number of nitrogens with one attached hydrogen (secondary N) is 7. The van der Waals surface area contributed by atoms with Crippen LogP contribution in [0.5, 0.6) is 0 Å². The predicted molar refractivity (Wildman–Crippen MR) is 233 cm³/mol. The zero-order chi connectivity index (χ0) is 50.0. The number of rotatable bonds is 26. The highest BCUT2D eigenvalue weighted by molar-refractivity contribution is 6.00. The third-order valence-corrected chi connectivity index (χ3v) is 10.8. The molecule has 1 aromatic carbocycles. The summed E-state index contributed by atoms with van der Waals surface area (Å²) in [6.45, 7) is 8.32. The lowest BCUT2D eigenvalue weighted by molar-refractivity contribution is -0.146. The minimum Gasteiger partial charge on any atom is -0.481 e. The summed E-state index contributed by atoms with van der Waals surface area (Å²) >= 11 is 0. The Morgan fingerprint density at radius 3 is 1.76 bits per heavy atom. The summed E-state index contributed by atoms with van der Waals surface area (Å²) in [4.78, 5) is 144. The number of carbonyl (C=O) groups is 11. The lowest BCUT2D eigenvalue weighted by atomic mass is 9.96. The van der Waals surface area contributed by atoms with Gasteiger partial charge < -0.3 is 68.9 Å². The van der Waals surface area contributed by atoms with Gasteiger partial charge in [0.05, 0.1) is 19.4 Å². The van der Waals surface area contributed by atoms with Crippen molar-refractivity contribution in [2.45, 2.75) is 134 Å². The van der Waals surface area contributed by atoms with Crippen molar-refractivity contribution >= 4 is 65.1 Å². The Labute approximate surface area is 381 Å². The van der Waals surface area contributed by atoms with Crippen LogP contribution in [0.3, 0.4) is 0 Å². The molecule has 14 N–H and O–H groups in total. The van der Waals surface area contributed by atoms with Gasteiger partial charge in [-0.3, -0.25) is 47.9 Å². The van der Waals surface area contributed by atoms with Gasteiger partial charge in [-0.1, -0.05) is 64.4 Å². The molecule has 1 heterocycles. The standard InChI is InChI=1S/C42H64N10O14/c1-7-21(4)33(40(63)48-26(16-24-12-9-8-10-13-24)38(61)50-32(20(2)3)42(65)66)51-39(62)29-14-11-15-52(29)41(64)28(18-31(55)56)49-37(60)27(17-30(44)54)47-35(58)23(6)45-34(57)22(5)46-36(59)25(43)19-53/h8-10,12-13,20-23,25-29,32-33,53H,7,11,14-19,43H2,1-6H3,(H2,44,54)(H,45,57)(H,46,59)(H,47,58)(H,48,63)(H,49,60)(H,50,61)(H,51,62)(H,55,56)(H,65,66)/t21-,22-,23-,25-,26-,27-,28-,29-,32-,33-/m0/s1. The summed E-state index contributed by atoms with van der Waals surface area (Å²) in [5.74, 6) is -12.3. The summed E-state index contributed by atoms with van der Waals surface area (Å²) in [7, 11) is 0. The number of carboxylic acids is 2. The van der Waals surface area contributed by atoms with E-state index in [9.17, 15) is 63.0 Å². The molecule has 0 radical (unpaired) electrons. The number of likely N-dealkylation sites (tertiary alicyclic amines) is 1. The molecule has 9 amide bonds. The quantitative estimate of drug-likeness (QED) is 0.0423. The van der Waals surface area contributed by atoms with Gasteiger partial charge in [0.1, 0.15) is 54.4 Å². The van der Waals surface area contributed by atoms with Gasteiger partial charge in [0.2, 0.25) is 53.2 Å². The van der Waals surface area contributed by atoms with E-state index in [0.29, 0.717) is 12.0 Å². The van der Waals surface area contributed by atoms with Crippen LogP contribution in [0.25, 0.3) is 0 Å². The smallest absolute Gasteiger partial charge is 0.326 e. The van der Waals surface area contributed by atoms with E-state index < -0.39 is 151 Å². The Balaban J connectivity index is 2.30. The van der Waals surface area contributed by atoms with E-state index in [2.05, 4.69) is 37.2 Å². The first-order chi connectivity index (χ1) is 30.9. The van der Waals surface area contributed by atoms with E-state index in [-0.39, 0.29) is 25.8 Å². The van der Waals surface area contributed by atoms with Crippen molar-refractivity contribution in [2.24, 2.45) is 23.3 Å². The second-order valence-corrected chi connectivity index (χ2v) is 16.5. The van der Waals surface area contributed by atoms with E-state index >= 15 is 0 Å². The summed E-state index contributed by atoms with van der Waals surface area (Å²) in [5, 5.41) is 45.3. The molecule has 0 aromatic heterocycles. The average molecular weight is 933 g/mol. The van der Waals surface area contributed by atoms with Gasteiger partial charge in [0, 0.05) is 13.0 Å². The summed E-state index contributed by atoms with van der Waals surface area (Å²) in [6.07, 6.45) is -1.21. The minimum atomic E-state index is -1.85. The largest absolute Gasteiger partial charge is 0.481 e. The monoisotopic (exact) mass is 932 g/mol. The number of nitrogens with zero attached hydrogens (tertiary/aromatic N) is 1. The molecule has 1 aliphatic heterocycles. The molecular weight excluding hydrogens is 869 g/mol. The molecule has 0 spiro atoms. The number of nitrogens with two attached hydrogens (primary N) is 2. The molecule has 0 bridgehead atoms. The SMILES string of the molecule is CC[C@H](C)[C@H](NC(=O)[C@@H]1CCCN1C(=O)[C@H](CC(=O)O)NC(=O)[C@H](CC(N)=O)NC(=O)[C@H](C)NC(=O)[C@H](C)NC(=O)[C@@H](N)CO)C(=O)N[C@@H](Cc1ccccc1)C(=O)N[C@H](C(=O)O)C(C)C. The summed E-state index contributed by atoms with van der Waals surface area (Å²) in [5.41, 5.74) is 11.4. The summed E-state index contributed by atoms with van der Waals surface area (Å²) in [6, 6.07) is -4.07. The van der Waals surface area contributed by atoms with Crippen molar-refractivity contribution in [3.63, 3.8) is 0 Å². The van der Waals surface area contributed by atoms with Crippen LogP contribution < -0.4 is 48.7 Å². The first-order valence-electron chi connectivity index (χ1n) is 21.5. The van der Waals surface area contributed by atoms with Crippen molar-refractivity contribution in [3.05, 3.63) is 35.9 Å². The predicted octanol–water partition coefficient (Wildman–Crippen LogP) is -3.89. The molecule has 1 aliphatic rings. The van der Waals surface area contributed by atoms with Gasteiger partial charge in [-0.15, -0.1) is 0 Å². The fraction of sp³-hybridized carbons (Fsp3) is 0.595. The Kier molecular flexibility index (Phi) is 22.1. The van der Waals surface area contributed by atoms with E-state index in [4.69, 9.17) is 16.6 Å². The van der Waals surface area contributed by atoms with Gasteiger partial charge in [-0.05, 0) is 44.1 Å². The number of hydrogen-bond donors (Lipinski definition) is 12. The number of carboxylic acid groups (broad SMARTS) is 2. The normalized spacial score (nSPS) is 17.5. The molecule has 10 atom stereocenters. The molecule has 1 saturated heterocycles. The molecular formula is C42H64N10O14. The maximum absolute atomic E-state index is 14.0. The van der Waals surface area contributed by atoms with Crippen molar-refractivity contribution < 1.29 is 68.1 Å². The molecule has 66 heavy (non-hydrogen) atoms. The lowest BCUT2D eigenvalue weighted by Gasteiger charge is -2.32. The topological polar surface area (TPSA) is 388 Å². The molecule has 2 rings (SSSR count). The second kappa shape index (κ2) is 26.3. The highest BCUT2D eigenvalue weighted by atomic mass is 16.4. The Bertz CT molecular complexity index is 1930. The molecule has 366 valence electrons. The number of aliphatic hydroxyl groups is 1. The molecule has 24 heteroatoms. The number of aliphatic carboxylic acids is 2. The number of aliphatic hydroxyl groups excluding tert-OH is 1. The summed E-state index contributed by atoms with van der Waals surface area (Å²) < 4.78 is 0. The van der Waals surface area contributed by atoms with Gasteiger partial charge in [-0.2, -0.15) is 0 Å². The highest BCUT2D eigenvalue weighted by Gasteiger charge is 2.41. The maximum atomic E-state index is 14.0. The molecule has 1 aromatic rings. The van der Waals surface area contributed by atoms with Crippen LogP contribution in [0, 0.1) is 11.8 Å². The zero-order valence-electron chi connectivity index (χ0n) is 37.8. The van der Waals surface area contributed by atoms with Crippen molar-refractivity contribution in [1.29, 1.82) is 0 Å². The van der Waals surface area contributed by atoms with Crippen molar-refractivity contribution in [3.8, 4) is 0 Å². The van der Waals surface area contributed by atoms with Crippen LogP contribution in [0.1, 0.15) is 79.2 Å². The number of primary amides is 1. The van der Waals surface area contributed by atoms with Crippen molar-refractivity contribution in [1.82, 2.24) is 42.1 Å². The van der Waals surface area contributed by atoms with E-state index in [1.807, 2.05) is 0 Å². The zero-order valence-corrected chi connectivity index (χ0v) is 37.8. The fourth-order valence-electron chi connectivity index (χ4n) is 6.77. The van der Waals surface area contributed by atoms with E-state index in [1.54, 1.807) is 58.0 Å².